The van der Waals surface area contributed by atoms with Gasteiger partial charge in [-0.3, -0.25) is 4.79 Å². The monoisotopic (exact) mass is 429 g/mol. The van der Waals surface area contributed by atoms with Crippen molar-refractivity contribution in [2.45, 2.75) is 23.9 Å². The number of methoxy groups -OCH3 is 1. The fourth-order valence-corrected chi connectivity index (χ4v) is 4.96. The Morgan fingerprint density at radius 2 is 1.97 bits per heavy atom. The molecule has 0 aliphatic carbocycles. The Morgan fingerprint density at radius 3 is 2.67 bits per heavy atom. The van der Waals surface area contributed by atoms with Crippen molar-refractivity contribution >= 4 is 26.8 Å². The molecule has 1 atom stereocenters. The number of amides is 1. The van der Waals surface area contributed by atoms with Crippen LogP contribution in [-0.4, -0.2) is 55.6 Å². The summed E-state index contributed by atoms with van der Waals surface area (Å²) < 4.78 is 32.7. The van der Waals surface area contributed by atoms with Crippen molar-refractivity contribution in [1.29, 1.82) is 0 Å². The number of aliphatic hydroxyl groups excluding tert-OH is 1. The van der Waals surface area contributed by atoms with E-state index in [0.29, 0.717) is 25.3 Å². The molecule has 0 radical (unpaired) electrons. The predicted octanol–water partition coefficient (Wildman–Crippen LogP) is 1.40. The van der Waals surface area contributed by atoms with Crippen LogP contribution in [-0.2, 0) is 27.8 Å². The third-order valence-corrected chi connectivity index (χ3v) is 6.83. The molecule has 0 unspecified atom stereocenters. The molecule has 1 amide bonds. The van der Waals surface area contributed by atoms with Gasteiger partial charge in [0.05, 0.1) is 25.2 Å². The summed E-state index contributed by atoms with van der Waals surface area (Å²) in [5, 5.41) is 10.9. The molecule has 2 heterocycles. The van der Waals surface area contributed by atoms with E-state index in [2.05, 4.69) is 9.71 Å². The Kier molecular flexibility index (Phi) is 5.50. The van der Waals surface area contributed by atoms with E-state index in [1.165, 1.54) is 36.9 Å². The largest absolute Gasteiger partial charge is 0.497 e. The minimum absolute atomic E-state index is 0.00824. The maximum Gasteiger partial charge on any atom is 0.243 e. The first-order valence-corrected chi connectivity index (χ1v) is 11.1. The van der Waals surface area contributed by atoms with Crippen LogP contribution in [0.4, 0.5) is 0 Å². The van der Waals surface area contributed by atoms with Gasteiger partial charge in [-0.1, -0.05) is 18.2 Å². The van der Waals surface area contributed by atoms with Crippen molar-refractivity contribution in [3.63, 3.8) is 0 Å². The van der Waals surface area contributed by atoms with E-state index < -0.39 is 28.6 Å². The van der Waals surface area contributed by atoms with Crippen LogP contribution in [0, 0.1) is 0 Å². The highest BCUT2D eigenvalue weighted by molar-refractivity contribution is 7.89. The first kappa shape index (κ1) is 20.4. The van der Waals surface area contributed by atoms with Gasteiger partial charge in [0.25, 0.3) is 0 Å². The Labute approximate surface area is 174 Å². The molecule has 0 saturated heterocycles. The van der Waals surface area contributed by atoms with Crippen LogP contribution < -0.4 is 9.46 Å². The van der Waals surface area contributed by atoms with Crippen molar-refractivity contribution in [2.75, 3.05) is 20.3 Å². The molecule has 3 aromatic rings. The minimum atomic E-state index is -3.98. The molecule has 1 aliphatic heterocycles. The minimum Gasteiger partial charge on any atom is -0.497 e. The molecular weight excluding hydrogens is 406 g/mol. The highest BCUT2D eigenvalue weighted by Gasteiger charge is 2.31. The Hall–Kier alpha value is -2.88. The molecule has 2 aromatic carbocycles. The van der Waals surface area contributed by atoms with Gasteiger partial charge in [-0.05, 0) is 42.3 Å². The number of nitrogens with zero attached hydrogens (tertiary/aromatic N) is 1. The lowest BCUT2D eigenvalue weighted by Gasteiger charge is -2.30. The average Bonchev–Trinajstić information content (AvgIpc) is 3.15. The van der Waals surface area contributed by atoms with Crippen LogP contribution in [0.5, 0.6) is 5.75 Å². The summed E-state index contributed by atoms with van der Waals surface area (Å²) in [4.78, 5) is 17.9. The number of aliphatic hydroxyl groups is 1. The van der Waals surface area contributed by atoms with Gasteiger partial charge in [0.1, 0.15) is 11.8 Å². The molecule has 0 bridgehead atoms. The topological polar surface area (TPSA) is 112 Å². The number of carbonyl (C=O) groups excluding carboxylic acids is 1. The van der Waals surface area contributed by atoms with Gasteiger partial charge in [-0.25, -0.2) is 8.42 Å². The van der Waals surface area contributed by atoms with Crippen LogP contribution in [0.3, 0.4) is 0 Å². The van der Waals surface area contributed by atoms with Gasteiger partial charge >= 0.3 is 0 Å². The second kappa shape index (κ2) is 8.10. The van der Waals surface area contributed by atoms with Crippen molar-refractivity contribution in [1.82, 2.24) is 14.6 Å². The number of fused-ring (bicyclic) bond motifs is 3. The number of ether oxygens (including phenoxy) is 1. The van der Waals surface area contributed by atoms with E-state index in [9.17, 15) is 18.3 Å². The molecule has 0 fully saturated rings. The van der Waals surface area contributed by atoms with Crippen molar-refractivity contribution in [2.24, 2.45) is 0 Å². The summed E-state index contributed by atoms with van der Waals surface area (Å²) in [7, 11) is -2.50. The summed E-state index contributed by atoms with van der Waals surface area (Å²) in [6, 6.07) is 12.5. The Morgan fingerprint density at radius 1 is 1.23 bits per heavy atom. The summed E-state index contributed by atoms with van der Waals surface area (Å²) >= 11 is 0. The molecule has 30 heavy (non-hydrogen) atoms. The normalized spacial score (nSPS) is 15.1. The van der Waals surface area contributed by atoms with Crippen LogP contribution in [0.2, 0.25) is 0 Å². The molecule has 158 valence electrons. The zero-order valence-electron chi connectivity index (χ0n) is 16.5. The SMILES string of the molecule is COc1ccc(S(=O)(=O)N[C@@H](CO)C(=O)N2CCc3c([nH]c4ccccc34)C2)cc1. The third kappa shape index (κ3) is 3.79. The zero-order chi connectivity index (χ0) is 21.3. The number of carbonyl (C=O) groups is 1. The lowest BCUT2D eigenvalue weighted by atomic mass is 10.0. The van der Waals surface area contributed by atoms with Crippen LogP contribution in [0.1, 0.15) is 11.3 Å². The zero-order valence-corrected chi connectivity index (χ0v) is 17.3. The maximum atomic E-state index is 13.0. The van der Waals surface area contributed by atoms with Crippen molar-refractivity contribution in [3.05, 3.63) is 59.8 Å². The molecule has 9 heteroatoms. The molecule has 4 rings (SSSR count). The van der Waals surface area contributed by atoms with Gasteiger partial charge in [-0.15, -0.1) is 0 Å². The van der Waals surface area contributed by atoms with E-state index in [4.69, 9.17) is 4.74 Å². The number of H-pyrrole nitrogens is 1. The average molecular weight is 429 g/mol. The number of hydrogen-bond donors (Lipinski definition) is 3. The number of aromatic amines is 1. The quantitative estimate of drug-likeness (QED) is 0.548. The second-order valence-corrected chi connectivity index (χ2v) is 8.88. The van der Waals surface area contributed by atoms with Crippen LogP contribution in [0.15, 0.2) is 53.4 Å². The van der Waals surface area contributed by atoms with E-state index in [-0.39, 0.29) is 4.90 Å². The molecular formula is C21H23N3O5S. The van der Waals surface area contributed by atoms with Crippen molar-refractivity contribution in [3.8, 4) is 5.75 Å². The van der Waals surface area contributed by atoms with Gasteiger partial charge in [0, 0.05) is 23.1 Å². The summed E-state index contributed by atoms with van der Waals surface area (Å²) in [5.41, 5.74) is 3.12. The fourth-order valence-electron chi connectivity index (χ4n) is 3.78. The molecule has 0 spiro atoms. The molecule has 3 N–H and O–H groups in total. The van der Waals surface area contributed by atoms with Crippen LogP contribution >= 0.6 is 0 Å². The van der Waals surface area contributed by atoms with Gasteiger partial charge in [0.2, 0.25) is 15.9 Å². The lowest BCUT2D eigenvalue weighted by Crippen LogP contribution is -2.51. The maximum absolute atomic E-state index is 13.0. The molecule has 1 aliphatic rings. The smallest absolute Gasteiger partial charge is 0.243 e. The molecule has 1 aromatic heterocycles. The molecule has 0 saturated carbocycles. The third-order valence-electron chi connectivity index (χ3n) is 5.34. The lowest BCUT2D eigenvalue weighted by molar-refractivity contribution is -0.134. The van der Waals surface area contributed by atoms with E-state index in [0.717, 1.165) is 16.6 Å². The number of hydrogen-bond acceptors (Lipinski definition) is 5. The fraction of sp³-hybridized carbons (Fsp3) is 0.286. The second-order valence-electron chi connectivity index (χ2n) is 7.17. The van der Waals surface area contributed by atoms with E-state index >= 15 is 0 Å². The predicted molar refractivity (Wildman–Crippen MR) is 112 cm³/mol. The summed E-state index contributed by atoms with van der Waals surface area (Å²) in [6.07, 6.45) is 0.661. The highest BCUT2D eigenvalue weighted by atomic mass is 32.2. The first-order chi connectivity index (χ1) is 14.4. The number of nitrogens with one attached hydrogen (secondary N) is 2. The highest BCUT2D eigenvalue weighted by Crippen LogP contribution is 2.27. The van der Waals surface area contributed by atoms with Crippen LogP contribution in [0.25, 0.3) is 10.9 Å². The van der Waals surface area contributed by atoms with Gasteiger partial charge in [-0.2, -0.15) is 4.72 Å². The number of aromatic nitrogens is 1. The number of rotatable bonds is 6. The standard InChI is InChI=1S/C21H23N3O5S/c1-29-14-6-8-15(9-7-14)30(27,28)23-20(13-25)21(26)24-11-10-17-16-4-2-3-5-18(16)22-19(17)12-24/h2-9,20,22-23,25H,10-13H2,1H3/t20-/m0/s1. The van der Waals surface area contributed by atoms with E-state index in [1.807, 2.05) is 24.3 Å². The van der Waals surface area contributed by atoms with Gasteiger partial charge < -0.3 is 19.7 Å². The number of sulfonamides is 1. The molecule has 8 nitrogen and oxygen atoms in total. The van der Waals surface area contributed by atoms with Crippen molar-refractivity contribution < 1.29 is 23.1 Å². The Balaban J connectivity index is 1.51. The number of para-hydroxylation sites is 1. The first-order valence-electron chi connectivity index (χ1n) is 9.57. The summed E-state index contributed by atoms with van der Waals surface area (Å²) in [6.45, 7) is 0.155. The van der Waals surface area contributed by atoms with E-state index in [1.54, 1.807) is 4.90 Å². The Bertz CT molecular complexity index is 1170. The van der Waals surface area contributed by atoms with Gasteiger partial charge in [0.15, 0.2) is 0 Å². The summed E-state index contributed by atoms with van der Waals surface area (Å²) in [5.74, 6) is 0.0603. The number of benzene rings is 2.